The lowest BCUT2D eigenvalue weighted by molar-refractivity contribution is 0.0982. The van der Waals surface area contributed by atoms with Crippen molar-refractivity contribution in [3.63, 3.8) is 0 Å². The van der Waals surface area contributed by atoms with Crippen LogP contribution in [0.4, 0.5) is 28.6 Å². The Balaban J connectivity index is 1.15. The minimum atomic E-state index is -2.73. The molecule has 0 atom stereocenters. The van der Waals surface area contributed by atoms with Gasteiger partial charge in [-0.1, -0.05) is 0 Å². The molecule has 2 saturated heterocycles. The Bertz CT molecular complexity index is 1960. The molecule has 0 amide bonds. The molecule has 0 radical (unpaired) electrons. The van der Waals surface area contributed by atoms with Gasteiger partial charge in [0.2, 0.25) is 0 Å². The zero-order valence-corrected chi connectivity index (χ0v) is 28.8. The average molecular weight is 654 g/mol. The normalized spacial score (nSPS) is 17.0. The topological polar surface area (TPSA) is 115 Å². The number of aromatic nitrogens is 4. The van der Waals surface area contributed by atoms with Crippen molar-refractivity contribution in [3.8, 4) is 5.75 Å². The molecule has 12 heteroatoms. The highest BCUT2D eigenvalue weighted by Crippen LogP contribution is 2.42. The summed E-state index contributed by atoms with van der Waals surface area (Å²) in [6, 6.07) is 12.8. The van der Waals surface area contributed by atoms with Crippen LogP contribution < -0.4 is 25.6 Å². The Morgan fingerprint density at radius 2 is 1.68 bits per heavy atom. The molecule has 0 saturated carbocycles. The molecule has 5 aromatic rings. The highest BCUT2D eigenvalue weighted by Gasteiger charge is 2.28. The molecule has 246 valence electrons. The second kappa shape index (κ2) is 12.8. The maximum absolute atomic E-state index is 13.5. The lowest BCUT2D eigenvalue weighted by Gasteiger charge is -2.43. The fourth-order valence-electron chi connectivity index (χ4n) is 7.10. The SMILES string of the molecule is COc1cc(N2CCC(N3CCN(C)CC3)CC2)c(C)cc1Nc1cc(Nc2ccc3nccnc3c2P(C)(C)=O)c2cc[nH]c2n1. The average Bonchev–Trinajstić information content (AvgIpc) is 3.54. The molecule has 7 rings (SSSR count). The number of benzene rings is 2. The Morgan fingerprint density at radius 3 is 2.43 bits per heavy atom. The number of piperazine rings is 1. The van der Waals surface area contributed by atoms with Gasteiger partial charge in [0.25, 0.3) is 0 Å². The Labute approximate surface area is 276 Å². The Morgan fingerprint density at radius 1 is 0.915 bits per heavy atom. The predicted octanol–water partition coefficient (Wildman–Crippen LogP) is 5.77. The number of hydrogen-bond donors (Lipinski definition) is 3. The highest BCUT2D eigenvalue weighted by molar-refractivity contribution is 7.71. The summed E-state index contributed by atoms with van der Waals surface area (Å²) in [7, 11) is 1.21. The number of ether oxygens (including phenoxy) is 1. The van der Waals surface area contributed by atoms with Gasteiger partial charge in [-0.2, -0.15) is 0 Å². The van der Waals surface area contributed by atoms with Gasteiger partial charge in [-0.05, 0) is 70.0 Å². The van der Waals surface area contributed by atoms with E-state index in [1.54, 1.807) is 32.8 Å². The molecule has 47 heavy (non-hydrogen) atoms. The number of aryl methyl sites for hydroxylation is 1. The van der Waals surface area contributed by atoms with Crippen LogP contribution in [0.15, 0.2) is 55.0 Å². The largest absolute Gasteiger partial charge is 0.494 e. The number of pyridine rings is 1. The van der Waals surface area contributed by atoms with Crippen molar-refractivity contribution >= 4 is 63.1 Å². The van der Waals surface area contributed by atoms with Crippen LogP contribution in [0.1, 0.15) is 18.4 Å². The standard InChI is InChI=1S/C35H44N9O2P/c1-23-20-29(31(46-3)22-30(23)44-14-9-24(10-15-44)43-18-16-42(2)17-19-43)40-32-21-28(25-8-11-38-35(25)41-32)39-27-7-6-26-33(37-13-12-36-26)34(27)47(4,5)45/h6-8,11-13,20-22,24H,9-10,14-19H2,1-5H3,(H3,38,39,40,41). The fourth-order valence-corrected chi connectivity index (χ4v) is 8.49. The van der Waals surface area contributed by atoms with E-state index < -0.39 is 7.14 Å². The summed E-state index contributed by atoms with van der Waals surface area (Å²) in [5.41, 5.74) is 6.90. The van der Waals surface area contributed by atoms with E-state index >= 15 is 0 Å². The van der Waals surface area contributed by atoms with Crippen LogP contribution in [0.2, 0.25) is 0 Å². The van der Waals surface area contributed by atoms with E-state index in [0.29, 0.717) is 28.2 Å². The molecule has 0 spiro atoms. The second-order valence-electron chi connectivity index (χ2n) is 13.2. The molecule has 11 nitrogen and oxygen atoms in total. The lowest BCUT2D eigenvalue weighted by Crippen LogP contribution is -2.52. The fraction of sp³-hybridized carbons (Fsp3) is 0.400. The van der Waals surface area contributed by atoms with E-state index in [9.17, 15) is 4.57 Å². The molecule has 3 N–H and O–H groups in total. The van der Waals surface area contributed by atoms with Crippen LogP contribution in [0.25, 0.3) is 22.1 Å². The zero-order valence-electron chi connectivity index (χ0n) is 27.9. The van der Waals surface area contributed by atoms with Crippen molar-refractivity contribution < 1.29 is 9.30 Å². The van der Waals surface area contributed by atoms with Gasteiger partial charge >= 0.3 is 0 Å². The summed E-state index contributed by atoms with van der Waals surface area (Å²) in [5, 5.41) is 8.69. The van der Waals surface area contributed by atoms with Crippen molar-refractivity contribution in [1.82, 2.24) is 29.7 Å². The maximum atomic E-state index is 13.5. The number of hydrogen-bond acceptors (Lipinski definition) is 10. The van der Waals surface area contributed by atoms with E-state index in [2.05, 4.69) is 66.4 Å². The molecule has 2 aliphatic heterocycles. The molecule has 0 aliphatic carbocycles. The minimum Gasteiger partial charge on any atom is -0.494 e. The lowest BCUT2D eigenvalue weighted by atomic mass is 10.0. The van der Waals surface area contributed by atoms with Crippen molar-refractivity contribution in [2.24, 2.45) is 0 Å². The molecule has 2 fully saturated rings. The monoisotopic (exact) mass is 653 g/mol. The molecule has 2 aromatic carbocycles. The summed E-state index contributed by atoms with van der Waals surface area (Å²) in [5.74, 6) is 1.42. The van der Waals surface area contributed by atoms with Gasteiger partial charge in [-0.3, -0.25) is 14.9 Å². The molecular formula is C35H44N9O2P. The second-order valence-corrected chi connectivity index (χ2v) is 16.3. The predicted molar refractivity (Wildman–Crippen MR) is 193 cm³/mol. The first-order valence-electron chi connectivity index (χ1n) is 16.4. The van der Waals surface area contributed by atoms with Gasteiger partial charge in [0.05, 0.1) is 35.0 Å². The van der Waals surface area contributed by atoms with Crippen molar-refractivity contribution in [2.75, 3.05) is 82.3 Å². The molecule has 0 unspecified atom stereocenters. The number of rotatable bonds is 8. The van der Waals surface area contributed by atoms with Crippen LogP contribution in [0.5, 0.6) is 5.75 Å². The van der Waals surface area contributed by atoms with Gasteiger partial charge in [0.15, 0.2) is 0 Å². The third kappa shape index (κ3) is 6.40. The number of piperidine rings is 1. The van der Waals surface area contributed by atoms with Crippen LogP contribution in [0.3, 0.4) is 0 Å². The van der Waals surface area contributed by atoms with Crippen molar-refractivity contribution in [2.45, 2.75) is 25.8 Å². The van der Waals surface area contributed by atoms with Crippen molar-refractivity contribution in [3.05, 3.63) is 60.6 Å². The summed E-state index contributed by atoms with van der Waals surface area (Å²) in [6.45, 7) is 12.4. The number of likely N-dealkylation sites (N-methyl/N-ethyl adjacent to an activating group) is 1. The molecule has 3 aromatic heterocycles. The molecule has 0 bridgehead atoms. The van der Waals surface area contributed by atoms with E-state index in [1.165, 1.54) is 37.2 Å². The van der Waals surface area contributed by atoms with Gasteiger partial charge < -0.3 is 34.7 Å². The molecule has 5 heterocycles. The van der Waals surface area contributed by atoms with Gasteiger partial charge in [-0.25, -0.2) is 4.98 Å². The van der Waals surface area contributed by atoms with Gasteiger partial charge in [-0.15, -0.1) is 0 Å². The van der Waals surface area contributed by atoms with Crippen molar-refractivity contribution in [1.29, 1.82) is 0 Å². The molecule has 2 aliphatic rings. The first-order chi connectivity index (χ1) is 22.7. The third-order valence-corrected chi connectivity index (χ3v) is 11.1. The van der Waals surface area contributed by atoms with Crippen LogP contribution in [-0.2, 0) is 4.57 Å². The number of aromatic amines is 1. The number of nitrogens with one attached hydrogen (secondary N) is 3. The van der Waals surface area contributed by atoms with Crippen LogP contribution in [-0.4, -0.2) is 103 Å². The quantitative estimate of drug-likeness (QED) is 0.178. The van der Waals surface area contributed by atoms with E-state index in [0.717, 1.165) is 60.0 Å². The van der Waals surface area contributed by atoms with Crippen LogP contribution >= 0.6 is 7.14 Å². The number of fused-ring (bicyclic) bond motifs is 2. The Hall–Kier alpha value is -4.18. The highest BCUT2D eigenvalue weighted by atomic mass is 31.2. The van der Waals surface area contributed by atoms with Crippen LogP contribution in [0, 0.1) is 6.92 Å². The van der Waals surface area contributed by atoms with Gasteiger partial charge in [0, 0.05) is 87.1 Å². The third-order valence-electron chi connectivity index (χ3n) is 9.59. The molecular weight excluding hydrogens is 609 g/mol. The first kappa shape index (κ1) is 31.4. The summed E-state index contributed by atoms with van der Waals surface area (Å²) >= 11 is 0. The van der Waals surface area contributed by atoms with E-state index in [-0.39, 0.29) is 0 Å². The smallest absolute Gasteiger partial charge is 0.144 e. The zero-order chi connectivity index (χ0) is 32.7. The Kier molecular flexibility index (Phi) is 8.55. The first-order valence-corrected chi connectivity index (χ1v) is 19.0. The number of methoxy groups -OCH3 is 1. The minimum absolute atomic E-state index is 0.646. The number of anilines is 5. The van der Waals surface area contributed by atoms with Gasteiger partial charge in [0.1, 0.15) is 29.9 Å². The summed E-state index contributed by atoms with van der Waals surface area (Å²) < 4.78 is 19.5. The maximum Gasteiger partial charge on any atom is 0.144 e. The number of H-pyrrole nitrogens is 1. The van der Waals surface area contributed by atoms with E-state index in [4.69, 9.17) is 9.72 Å². The summed E-state index contributed by atoms with van der Waals surface area (Å²) in [6.07, 6.45) is 7.52. The van der Waals surface area contributed by atoms with E-state index in [1.807, 2.05) is 30.5 Å². The summed E-state index contributed by atoms with van der Waals surface area (Å²) in [4.78, 5) is 24.7. The number of nitrogens with zero attached hydrogens (tertiary/aromatic N) is 6.